The molecule has 1 atom stereocenters. The van der Waals surface area contributed by atoms with E-state index >= 15 is 0 Å². The second-order valence-electron chi connectivity index (χ2n) is 4.53. The maximum absolute atomic E-state index is 11.7. The van der Waals surface area contributed by atoms with E-state index in [1.807, 2.05) is 0 Å². The van der Waals surface area contributed by atoms with E-state index < -0.39 is 5.97 Å². The molecule has 1 aromatic rings. The van der Waals surface area contributed by atoms with Crippen LogP contribution in [0.15, 0.2) is 24.3 Å². The van der Waals surface area contributed by atoms with Crippen LogP contribution in [0.25, 0.3) is 0 Å². The molecular weight excluding hydrogens is 282 g/mol. The van der Waals surface area contributed by atoms with Gasteiger partial charge in [-0.25, -0.2) is 4.79 Å². The van der Waals surface area contributed by atoms with Crippen molar-refractivity contribution in [1.82, 2.24) is 5.32 Å². The molecule has 0 unspecified atom stereocenters. The van der Waals surface area contributed by atoms with Crippen LogP contribution in [-0.4, -0.2) is 37.7 Å². The average molecular weight is 298 g/mol. The van der Waals surface area contributed by atoms with Gasteiger partial charge in [0.05, 0.1) is 11.7 Å². The molecule has 1 saturated heterocycles. The van der Waals surface area contributed by atoms with Gasteiger partial charge in [-0.15, -0.1) is 0 Å². The topological polar surface area (TPSA) is 64.6 Å². The van der Waals surface area contributed by atoms with Crippen LogP contribution in [-0.2, 0) is 14.3 Å². The fourth-order valence-electron chi connectivity index (χ4n) is 1.91. The Balaban J connectivity index is 1.71. The molecule has 2 rings (SSSR count). The Bertz CT molecular complexity index is 486. The lowest BCUT2D eigenvalue weighted by Gasteiger charge is -2.11. The van der Waals surface area contributed by atoms with Crippen molar-refractivity contribution in [2.75, 3.05) is 19.8 Å². The number of hydrogen-bond donors (Lipinski definition) is 1. The zero-order chi connectivity index (χ0) is 14.4. The van der Waals surface area contributed by atoms with Crippen molar-refractivity contribution >= 4 is 23.5 Å². The van der Waals surface area contributed by atoms with Crippen LogP contribution < -0.4 is 5.32 Å². The van der Waals surface area contributed by atoms with Crippen LogP contribution in [0.4, 0.5) is 0 Å². The van der Waals surface area contributed by atoms with Gasteiger partial charge in [0, 0.05) is 18.2 Å². The summed E-state index contributed by atoms with van der Waals surface area (Å²) in [6, 6.07) is 6.38. The molecule has 1 fully saturated rings. The van der Waals surface area contributed by atoms with Crippen molar-refractivity contribution in [3.05, 3.63) is 34.9 Å². The molecule has 0 radical (unpaired) electrons. The summed E-state index contributed by atoms with van der Waals surface area (Å²) in [6.45, 7) is 0.885. The minimum Gasteiger partial charge on any atom is -0.452 e. The molecule has 0 aromatic heterocycles. The zero-order valence-corrected chi connectivity index (χ0v) is 11.7. The molecule has 0 bridgehead atoms. The Morgan fingerprint density at radius 3 is 3.00 bits per heavy atom. The standard InChI is InChI=1S/C14H16ClNO4/c15-11-4-1-3-10(7-11)14(18)20-9-13(17)16-8-12-5-2-6-19-12/h1,3-4,7,12H,2,5-6,8-9H2,(H,16,17)/t12-/m0/s1. The largest absolute Gasteiger partial charge is 0.452 e. The summed E-state index contributed by atoms with van der Waals surface area (Å²) in [5.41, 5.74) is 0.324. The van der Waals surface area contributed by atoms with E-state index in [2.05, 4.69) is 5.32 Å². The van der Waals surface area contributed by atoms with Gasteiger partial charge in [0.25, 0.3) is 5.91 Å². The third-order valence-corrected chi connectivity index (χ3v) is 3.18. The molecule has 108 valence electrons. The first kappa shape index (κ1) is 14.8. The summed E-state index contributed by atoms with van der Waals surface area (Å²) >= 11 is 5.77. The highest BCUT2D eigenvalue weighted by Gasteiger charge is 2.17. The Morgan fingerprint density at radius 1 is 1.45 bits per heavy atom. The number of carbonyl (C=O) groups is 2. The molecule has 1 amide bonds. The summed E-state index contributed by atoms with van der Waals surface area (Å²) < 4.78 is 10.3. The van der Waals surface area contributed by atoms with Crippen LogP contribution >= 0.6 is 11.6 Å². The predicted molar refractivity (Wildman–Crippen MR) is 73.7 cm³/mol. The molecule has 1 aromatic carbocycles. The Hall–Kier alpha value is -1.59. The van der Waals surface area contributed by atoms with Crippen molar-refractivity contribution in [2.45, 2.75) is 18.9 Å². The number of halogens is 1. The molecule has 6 heteroatoms. The van der Waals surface area contributed by atoms with E-state index in [9.17, 15) is 9.59 Å². The predicted octanol–water partition coefficient (Wildman–Crippen LogP) is 1.79. The molecule has 0 spiro atoms. The lowest BCUT2D eigenvalue weighted by molar-refractivity contribution is -0.124. The molecule has 1 aliphatic heterocycles. The third-order valence-electron chi connectivity index (χ3n) is 2.95. The van der Waals surface area contributed by atoms with Gasteiger partial charge in [-0.2, -0.15) is 0 Å². The highest BCUT2D eigenvalue weighted by atomic mass is 35.5. The number of carbonyl (C=O) groups excluding carboxylic acids is 2. The summed E-state index contributed by atoms with van der Waals surface area (Å²) in [5, 5.41) is 3.12. The average Bonchev–Trinajstić information content (AvgIpc) is 2.95. The summed E-state index contributed by atoms with van der Waals surface area (Å²) in [6.07, 6.45) is 2.04. The Labute approximate surface area is 122 Å². The normalized spacial score (nSPS) is 17.8. The first-order valence-electron chi connectivity index (χ1n) is 6.46. The van der Waals surface area contributed by atoms with Crippen molar-refractivity contribution in [2.24, 2.45) is 0 Å². The molecule has 1 N–H and O–H groups in total. The van der Waals surface area contributed by atoms with Gasteiger partial charge < -0.3 is 14.8 Å². The maximum atomic E-state index is 11.7. The summed E-state index contributed by atoms with van der Waals surface area (Å²) in [4.78, 5) is 23.2. The van der Waals surface area contributed by atoms with Crippen LogP contribution in [0.2, 0.25) is 5.02 Å². The number of rotatable bonds is 5. The minimum atomic E-state index is -0.570. The van der Waals surface area contributed by atoms with Gasteiger partial charge in [-0.3, -0.25) is 4.79 Å². The SMILES string of the molecule is O=C(COC(=O)c1cccc(Cl)c1)NC[C@@H]1CCCO1. The van der Waals surface area contributed by atoms with E-state index in [4.69, 9.17) is 21.1 Å². The van der Waals surface area contributed by atoms with Crippen molar-refractivity contribution in [1.29, 1.82) is 0 Å². The smallest absolute Gasteiger partial charge is 0.338 e. The van der Waals surface area contributed by atoms with Crippen LogP contribution in [0, 0.1) is 0 Å². The van der Waals surface area contributed by atoms with E-state index in [1.54, 1.807) is 18.2 Å². The molecule has 5 nitrogen and oxygen atoms in total. The van der Waals surface area contributed by atoms with Crippen LogP contribution in [0.1, 0.15) is 23.2 Å². The van der Waals surface area contributed by atoms with E-state index in [0.717, 1.165) is 19.4 Å². The number of ether oxygens (including phenoxy) is 2. The van der Waals surface area contributed by atoms with Crippen molar-refractivity contribution in [3.8, 4) is 0 Å². The number of amides is 1. The molecule has 1 aliphatic rings. The van der Waals surface area contributed by atoms with Crippen LogP contribution in [0.5, 0.6) is 0 Å². The molecule has 1 heterocycles. The number of nitrogens with one attached hydrogen (secondary N) is 1. The van der Waals surface area contributed by atoms with Gasteiger partial charge >= 0.3 is 5.97 Å². The lowest BCUT2D eigenvalue weighted by Crippen LogP contribution is -2.34. The van der Waals surface area contributed by atoms with Crippen LogP contribution in [0.3, 0.4) is 0 Å². The number of benzene rings is 1. The van der Waals surface area contributed by atoms with E-state index in [1.165, 1.54) is 6.07 Å². The van der Waals surface area contributed by atoms with Crippen molar-refractivity contribution < 1.29 is 19.1 Å². The lowest BCUT2D eigenvalue weighted by atomic mass is 10.2. The Kier molecular flexibility index (Phi) is 5.38. The molecule has 0 aliphatic carbocycles. The van der Waals surface area contributed by atoms with Crippen molar-refractivity contribution in [3.63, 3.8) is 0 Å². The van der Waals surface area contributed by atoms with Gasteiger partial charge in [-0.1, -0.05) is 17.7 Å². The monoisotopic (exact) mass is 297 g/mol. The summed E-state index contributed by atoms with van der Waals surface area (Å²) in [5.74, 6) is -0.907. The maximum Gasteiger partial charge on any atom is 0.338 e. The van der Waals surface area contributed by atoms with Gasteiger partial charge in [0.2, 0.25) is 0 Å². The molecule has 0 saturated carbocycles. The van der Waals surface area contributed by atoms with Gasteiger partial charge in [0.15, 0.2) is 6.61 Å². The summed E-state index contributed by atoms with van der Waals surface area (Å²) in [7, 11) is 0. The first-order chi connectivity index (χ1) is 9.65. The van der Waals surface area contributed by atoms with Gasteiger partial charge in [-0.05, 0) is 31.0 Å². The van der Waals surface area contributed by atoms with E-state index in [-0.39, 0.29) is 18.6 Å². The minimum absolute atomic E-state index is 0.0718. The first-order valence-corrected chi connectivity index (χ1v) is 6.84. The molecule has 20 heavy (non-hydrogen) atoms. The highest BCUT2D eigenvalue weighted by Crippen LogP contribution is 2.12. The Morgan fingerprint density at radius 2 is 2.30 bits per heavy atom. The number of hydrogen-bond acceptors (Lipinski definition) is 4. The quantitative estimate of drug-likeness (QED) is 0.842. The highest BCUT2D eigenvalue weighted by molar-refractivity contribution is 6.30. The zero-order valence-electron chi connectivity index (χ0n) is 10.9. The fraction of sp³-hybridized carbons (Fsp3) is 0.429. The second kappa shape index (κ2) is 7.26. The fourth-order valence-corrected chi connectivity index (χ4v) is 2.10. The second-order valence-corrected chi connectivity index (χ2v) is 4.96. The van der Waals surface area contributed by atoms with Gasteiger partial charge in [0.1, 0.15) is 0 Å². The number of esters is 1. The molecular formula is C14H16ClNO4. The van der Waals surface area contributed by atoms with E-state index in [0.29, 0.717) is 17.1 Å². The third kappa shape index (κ3) is 4.51.